The quantitative estimate of drug-likeness (QED) is 0.425. The summed E-state index contributed by atoms with van der Waals surface area (Å²) in [4.78, 5) is 45.4. The molecule has 0 unspecified atom stereocenters. The molecule has 0 N–H and O–H groups in total. The van der Waals surface area contributed by atoms with Crippen LogP contribution < -0.4 is 0 Å². The molecule has 1 aromatic carbocycles. The monoisotopic (exact) mass is 502 g/mol. The van der Waals surface area contributed by atoms with Gasteiger partial charge in [-0.15, -0.1) is 11.3 Å². The first-order chi connectivity index (χ1) is 17.2. The van der Waals surface area contributed by atoms with Crippen molar-refractivity contribution in [3.8, 4) is 0 Å². The number of carbonyl (C=O) groups excluding carboxylic acids is 3. The molecule has 3 heterocycles. The van der Waals surface area contributed by atoms with E-state index in [1.54, 1.807) is 11.3 Å². The van der Waals surface area contributed by atoms with Gasteiger partial charge in [0.1, 0.15) is 0 Å². The Balaban J connectivity index is 1.58. The minimum absolute atomic E-state index is 0.0190. The number of imide groups is 1. The molecule has 5 rings (SSSR count). The number of amides is 2. The highest BCUT2D eigenvalue weighted by atomic mass is 32.1. The smallest absolute Gasteiger partial charge is 0.339 e. The van der Waals surface area contributed by atoms with Crippen LogP contribution in [0.25, 0.3) is 22.6 Å². The lowest BCUT2D eigenvalue weighted by molar-refractivity contribution is -0.143. The fraction of sp³-hybridized carbons (Fsp3) is 0.379. The van der Waals surface area contributed by atoms with Crippen molar-refractivity contribution in [1.82, 2.24) is 9.88 Å². The molecule has 1 aliphatic carbocycles. The average molecular weight is 503 g/mol. The summed E-state index contributed by atoms with van der Waals surface area (Å²) in [6, 6.07) is 11.7. The number of ether oxygens (including phenoxy) is 1. The van der Waals surface area contributed by atoms with Gasteiger partial charge in [-0.25, -0.2) is 9.78 Å². The molecule has 0 saturated carbocycles. The van der Waals surface area contributed by atoms with Gasteiger partial charge in [-0.3, -0.25) is 14.5 Å². The van der Waals surface area contributed by atoms with Gasteiger partial charge in [0.25, 0.3) is 5.91 Å². The van der Waals surface area contributed by atoms with Crippen molar-refractivity contribution < 1.29 is 19.1 Å². The van der Waals surface area contributed by atoms with E-state index < -0.39 is 18.5 Å². The number of allylic oxidation sites excluding steroid dienone is 1. The van der Waals surface area contributed by atoms with Crippen LogP contribution in [-0.4, -0.2) is 40.8 Å². The highest BCUT2D eigenvalue weighted by molar-refractivity contribution is 7.10. The summed E-state index contributed by atoms with van der Waals surface area (Å²) in [7, 11) is 0. The number of rotatable bonds is 4. The van der Waals surface area contributed by atoms with Crippen LogP contribution in [0, 0.1) is 11.3 Å². The number of esters is 1. The molecular formula is C29H30N2O4S. The maximum atomic E-state index is 13.6. The number of thiophene rings is 1. The number of hydrogen-bond donors (Lipinski definition) is 0. The molecule has 1 aliphatic heterocycles. The number of likely N-dealkylation sites (tertiary alicyclic amines) is 1. The van der Waals surface area contributed by atoms with Gasteiger partial charge in [-0.05, 0) is 65.3 Å². The number of para-hydroxylation sites is 1. The summed E-state index contributed by atoms with van der Waals surface area (Å²) >= 11 is 1.67. The van der Waals surface area contributed by atoms with E-state index in [9.17, 15) is 14.4 Å². The van der Waals surface area contributed by atoms with Crippen molar-refractivity contribution >= 4 is 51.7 Å². The van der Waals surface area contributed by atoms with Crippen molar-refractivity contribution in [3.63, 3.8) is 0 Å². The minimum Gasteiger partial charge on any atom is -0.452 e. The third-order valence-electron chi connectivity index (χ3n) is 7.20. The van der Waals surface area contributed by atoms with E-state index in [-0.39, 0.29) is 11.3 Å². The molecular weight excluding hydrogens is 472 g/mol. The van der Waals surface area contributed by atoms with Crippen LogP contribution in [0.5, 0.6) is 0 Å². The standard InChI is InChI=1S/C29H30N2O4S/c1-29(2,3)19-14-18(15-20-8-7-13-36-20)27-22(16-19)26(21-9-4-5-10-23(21)30-27)28(34)35-17-25(33)31-12-6-11-24(31)32/h4-5,7-10,13,15,19H,6,11-12,14,16-17H2,1-3H3/b18-15+/t19-/m1/s1. The lowest BCUT2D eigenvalue weighted by Crippen LogP contribution is -2.35. The van der Waals surface area contributed by atoms with Gasteiger partial charge in [-0.2, -0.15) is 0 Å². The predicted molar refractivity (Wildman–Crippen MR) is 141 cm³/mol. The lowest BCUT2D eigenvalue weighted by Gasteiger charge is -2.36. The predicted octanol–water partition coefficient (Wildman–Crippen LogP) is 5.75. The van der Waals surface area contributed by atoms with Crippen molar-refractivity contribution in [2.45, 2.75) is 46.5 Å². The maximum absolute atomic E-state index is 13.6. The van der Waals surface area contributed by atoms with Gasteiger partial charge in [0.05, 0.1) is 16.8 Å². The molecule has 1 saturated heterocycles. The number of hydrogen-bond acceptors (Lipinski definition) is 6. The number of benzene rings is 1. The van der Waals surface area contributed by atoms with Gasteiger partial charge < -0.3 is 4.74 Å². The third kappa shape index (κ3) is 4.72. The Kier molecular flexibility index (Phi) is 6.51. The summed E-state index contributed by atoms with van der Waals surface area (Å²) in [5.41, 5.74) is 4.02. The van der Waals surface area contributed by atoms with E-state index in [4.69, 9.17) is 9.72 Å². The molecule has 1 atom stereocenters. The number of pyridine rings is 1. The third-order valence-corrected chi connectivity index (χ3v) is 8.02. The minimum atomic E-state index is -0.546. The molecule has 36 heavy (non-hydrogen) atoms. The molecule has 1 fully saturated rings. The van der Waals surface area contributed by atoms with Crippen molar-refractivity contribution in [3.05, 3.63) is 63.5 Å². The molecule has 2 aromatic heterocycles. The van der Waals surface area contributed by atoms with E-state index in [1.807, 2.05) is 30.3 Å². The normalized spacial score (nSPS) is 19.1. The first-order valence-corrected chi connectivity index (χ1v) is 13.3. The Bertz CT molecular complexity index is 1370. The van der Waals surface area contributed by atoms with Crippen LogP contribution in [-0.2, 0) is 20.7 Å². The maximum Gasteiger partial charge on any atom is 0.339 e. The first kappa shape index (κ1) is 24.4. The number of nitrogens with zero attached hydrogens (tertiary/aromatic N) is 2. The number of fused-ring (bicyclic) bond motifs is 2. The highest BCUT2D eigenvalue weighted by Gasteiger charge is 2.36. The summed E-state index contributed by atoms with van der Waals surface area (Å²) in [5.74, 6) is -0.924. The second-order valence-corrected chi connectivity index (χ2v) is 11.6. The molecule has 0 spiro atoms. The number of carbonyl (C=O) groups is 3. The van der Waals surface area contributed by atoms with Gasteiger partial charge >= 0.3 is 5.97 Å². The summed E-state index contributed by atoms with van der Waals surface area (Å²) in [6.07, 6.45) is 4.75. The number of aromatic nitrogens is 1. The van der Waals surface area contributed by atoms with E-state index in [0.717, 1.165) is 39.0 Å². The van der Waals surface area contributed by atoms with E-state index in [2.05, 4.69) is 38.3 Å². The second-order valence-electron chi connectivity index (χ2n) is 10.6. The zero-order chi connectivity index (χ0) is 25.4. The molecule has 2 amide bonds. The molecule has 0 radical (unpaired) electrons. The van der Waals surface area contributed by atoms with Crippen LogP contribution in [0.4, 0.5) is 0 Å². The van der Waals surface area contributed by atoms with Crippen LogP contribution in [0.15, 0.2) is 41.8 Å². The Morgan fingerprint density at radius 2 is 1.97 bits per heavy atom. The van der Waals surface area contributed by atoms with Crippen LogP contribution in [0.1, 0.15) is 66.5 Å². The zero-order valence-corrected chi connectivity index (χ0v) is 21.7. The summed E-state index contributed by atoms with van der Waals surface area (Å²) in [5, 5.41) is 2.77. The molecule has 6 nitrogen and oxygen atoms in total. The van der Waals surface area contributed by atoms with Crippen LogP contribution in [0.2, 0.25) is 0 Å². The molecule has 0 bridgehead atoms. The van der Waals surface area contributed by atoms with Gasteiger partial charge in [0.15, 0.2) is 6.61 Å². The van der Waals surface area contributed by atoms with E-state index in [1.165, 1.54) is 4.90 Å². The first-order valence-electron chi connectivity index (χ1n) is 12.4. The second kappa shape index (κ2) is 9.62. The topological polar surface area (TPSA) is 76.6 Å². The van der Waals surface area contributed by atoms with Gasteiger partial charge in [0.2, 0.25) is 5.91 Å². The SMILES string of the molecule is CC(C)(C)[C@@H]1C/C(=C\c2cccs2)c2nc3ccccc3c(C(=O)OCC(=O)N3CCCC3=O)c2C1. The van der Waals surface area contributed by atoms with Crippen LogP contribution in [0.3, 0.4) is 0 Å². The Morgan fingerprint density at radius 1 is 1.17 bits per heavy atom. The van der Waals surface area contributed by atoms with E-state index >= 15 is 0 Å². The largest absolute Gasteiger partial charge is 0.452 e. The molecule has 7 heteroatoms. The Hall–Kier alpha value is -3.32. The summed E-state index contributed by atoms with van der Waals surface area (Å²) < 4.78 is 5.56. The van der Waals surface area contributed by atoms with Gasteiger partial charge in [0, 0.05) is 23.2 Å². The fourth-order valence-corrected chi connectivity index (χ4v) is 5.79. The van der Waals surface area contributed by atoms with Crippen molar-refractivity contribution in [2.75, 3.05) is 13.2 Å². The van der Waals surface area contributed by atoms with Crippen molar-refractivity contribution in [2.24, 2.45) is 11.3 Å². The van der Waals surface area contributed by atoms with Crippen LogP contribution >= 0.6 is 11.3 Å². The zero-order valence-electron chi connectivity index (χ0n) is 20.9. The molecule has 2 aliphatic rings. The highest BCUT2D eigenvalue weighted by Crippen LogP contribution is 2.45. The molecule has 186 valence electrons. The fourth-order valence-electron chi connectivity index (χ4n) is 5.10. The summed E-state index contributed by atoms with van der Waals surface area (Å²) in [6.45, 7) is 6.61. The Morgan fingerprint density at radius 3 is 2.67 bits per heavy atom. The molecule has 3 aromatic rings. The van der Waals surface area contributed by atoms with Gasteiger partial charge in [-0.1, -0.05) is 45.0 Å². The van der Waals surface area contributed by atoms with Crippen molar-refractivity contribution in [1.29, 1.82) is 0 Å². The Labute approximate surface area is 215 Å². The van der Waals surface area contributed by atoms with E-state index in [0.29, 0.717) is 37.3 Å². The average Bonchev–Trinajstić information content (AvgIpc) is 3.52. The lowest BCUT2D eigenvalue weighted by atomic mass is 9.69.